The van der Waals surface area contributed by atoms with Crippen LogP contribution in [-0.4, -0.2) is 78.2 Å². The van der Waals surface area contributed by atoms with Crippen molar-refractivity contribution in [2.45, 2.75) is 57.2 Å². The Balaban J connectivity index is 1.19. The summed E-state index contributed by atoms with van der Waals surface area (Å²) >= 11 is 7.45. The molecule has 1 aliphatic carbocycles. The maximum absolute atomic E-state index is 15.2. The summed E-state index contributed by atoms with van der Waals surface area (Å²) in [6, 6.07) is 9.69. The molecule has 1 saturated heterocycles. The van der Waals surface area contributed by atoms with Gasteiger partial charge in [0.25, 0.3) is 17.4 Å². The maximum Gasteiger partial charge on any atom is 0.266 e. The van der Waals surface area contributed by atoms with E-state index in [2.05, 4.69) is 32.8 Å². The molecule has 2 fully saturated rings. The molecule has 1 N–H and O–H groups in total. The van der Waals surface area contributed by atoms with Gasteiger partial charge in [-0.25, -0.2) is 36.3 Å². The predicted octanol–water partition coefficient (Wildman–Crippen LogP) is 6.09. The summed E-state index contributed by atoms with van der Waals surface area (Å²) in [4.78, 5) is 39.9. The number of nitriles is 1. The molecule has 1 aliphatic heterocycles. The van der Waals surface area contributed by atoms with E-state index in [4.69, 9.17) is 11.6 Å². The van der Waals surface area contributed by atoms with Gasteiger partial charge in [-0.3, -0.25) is 19.1 Å². The van der Waals surface area contributed by atoms with Crippen LogP contribution >= 0.6 is 22.9 Å². The van der Waals surface area contributed by atoms with E-state index in [0.717, 1.165) is 17.6 Å². The largest absolute Gasteiger partial charge is 0.355 e. The molecule has 5 aromatic rings. The fraction of sp³-hybridized carbons (Fsp3) is 0.342. The van der Waals surface area contributed by atoms with E-state index in [-0.39, 0.29) is 58.9 Å². The molecule has 1 amide bonds. The minimum atomic E-state index is -3.90. The van der Waals surface area contributed by atoms with Crippen LogP contribution in [0.4, 0.5) is 19.0 Å². The molecule has 3 aromatic heterocycles. The zero-order chi connectivity index (χ0) is 39.4. The predicted molar refractivity (Wildman–Crippen MR) is 206 cm³/mol. The summed E-state index contributed by atoms with van der Waals surface area (Å²) in [5.41, 5.74) is 1.25. The van der Waals surface area contributed by atoms with Gasteiger partial charge in [-0.15, -0.1) is 11.3 Å². The molecule has 1 saturated carbocycles. The Labute approximate surface area is 323 Å². The van der Waals surface area contributed by atoms with Crippen LogP contribution in [0, 0.1) is 35.9 Å². The number of nitrogens with zero attached hydrogens (tertiary/aromatic N) is 6. The van der Waals surface area contributed by atoms with Crippen LogP contribution in [0.5, 0.6) is 0 Å². The van der Waals surface area contributed by atoms with Gasteiger partial charge in [-0.05, 0) is 50.1 Å². The number of piperidine rings is 1. The number of aryl methyl sites for hydroxylation is 1. The lowest BCUT2D eigenvalue weighted by Gasteiger charge is -2.46. The summed E-state index contributed by atoms with van der Waals surface area (Å²) < 4.78 is 69.1. The van der Waals surface area contributed by atoms with Gasteiger partial charge in [-0.2, -0.15) is 5.26 Å². The van der Waals surface area contributed by atoms with Crippen LogP contribution in [-0.2, 0) is 16.6 Å². The second-order valence-electron chi connectivity index (χ2n) is 13.8. The Bertz CT molecular complexity index is 2670. The Morgan fingerprint density at radius 3 is 2.56 bits per heavy atom. The SMILES string of the molecule is Cc1nc2cnc(N(C)C3CCN(C4CC(F)(F)C4)CC3)c(C#N)c2c(=O)n1CC#Cc1ccc(Cl)cc1-c1ccc(F)c2c(C(=O)NS(C)(=O)=O)csc12. The summed E-state index contributed by atoms with van der Waals surface area (Å²) in [5, 5.41) is 12.1. The van der Waals surface area contributed by atoms with E-state index in [1.165, 1.54) is 28.3 Å². The standard InChI is InChI=1S/C38H33ClF3N7O4S2/c1-21-45-31-19-44-35(47(2)24-10-13-48(14-11-24)25-16-38(41,42)17-25)28(18-43)33(31)37(51)49(21)12-4-5-22-6-7-23(39)15-27(22)26-8-9-30(40)32-29(20-54-34(26)32)36(50)46-55(3,52)53/h6-9,15,19-20,24-25H,10-14,16-17H2,1-3H3,(H,46,50). The molecule has 0 radical (unpaired) electrons. The molecule has 0 atom stereocenters. The van der Waals surface area contributed by atoms with Gasteiger partial charge >= 0.3 is 0 Å². The molecule has 4 heterocycles. The van der Waals surface area contributed by atoms with Crippen LogP contribution in [0.15, 0.2) is 46.7 Å². The first-order valence-corrected chi connectivity index (χ1v) is 20.4. The van der Waals surface area contributed by atoms with Crippen molar-refractivity contribution in [3.8, 4) is 29.0 Å². The topological polar surface area (TPSA) is 141 Å². The van der Waals surface area contributed by atoms with Crippen molar-refractivity contribution in [2.75, 3.05) is 31.3 Å². The average molecular weight is 808 g/mol. The molecule has 7 rings (SSSR count). The number of anilines is 1. The number of pyridine rings is 1. The molecular formula is C38H33ClF3N7O4S2. The van der Waals surface area contributed by atoms with Crippen molar-refractivity contribution in [1.29, 1.82) is 5.26 Å². The van der Waals surface area contributed by atoms with E-state index in [9.17, 15) is 32.0 Å². The van der Waals surface area contributed by atoms with E-state index in [1.807, 2.05) is 16.7 Å². The third kappa shape index (κ3) is 7.52. The lowest BCUT2D eigenvalue weighted by atomic mass is 9.85. The first-order valence-electron chi connectivity index (χ1n) is 17.2. The molecule has 11 nitrogen and oxygen atoms in total. The van der Waals surface area contributed by atoms with Gasteiger partial charge in [0.2, 0.25) is 10.0 Å². The number of hydrogen-bond acceptors (Lipinski definition) is 10. The van der Waals surface area contributed by atoms with Gasteiger partial charge in [0.15, 0.2) is 0 Å². The number of hydrogen-bond donors (Lipinski definition) is 1. The lowest BCUT2D eigenvalue weighted by Crippen LogP contribution is -2.55. The molecule has 0 bridgehead atoms. The van der Waals surface area contributed by atoms with E-state index >= 15 is 4.39 Å². The van der Waals surface area contributed by atoms with Crippen LogP contribution in [0.3, 0.4) is 0 Å². The quantitative estimate of drug-likeness (QED) is 0.194. The fourth-order valence-electron chi connectivity index (χ4n) is 7.34. The number of carbonyl (C=O) groups is 1. The van der Waals surface area contributed by atoms with Crippen LogP contribution < -0.4 is 15.2 Å². The van der Waals surface area contributed by atoms with Crippen molar-refractivity contribution < 1.29 is 26.4 Å². The molecule has 2 aromatic carbocycles. The van der Waals surface area contributed by atoms with Gasteiger partial charge in [-0.1, -0.05) is 23.4 Å². The zero-order valence-corrected chi connectivity index (χ0v) is 32.2. The molecule has 0 spiro atoms. The van der Waals surface area contributed by atoms with Crippen molar-refractivity contribution in [3.05, 3.63) is 85.6 Å². The number of carbonyl (C=O) groups excluding carboxylic acids is 1. The van der Waals surface area contributed by atoms with Crippen molar-refractivity contribution in [1.82, 2.24) is 24.2 Å². The molecule has 284 valence electrons. The number of likely N-dealkylation sites (tertiary alicyclic amines) is 1. The highest BCUT2D eigenvalue weighted by Gasteiger charge is 2.48. The summed E-state index contributed by atoms with van der Waals surface area (Å²) in [7, 11) is -2.08. The second-order valence-corrected chi connectivity index (χ2v) is 16.9. The number of rotatable bonds is 7. The summed E-state index contributed by atoms with van der Waals surface area (Å²) in [5.74, 6) is 2.54. The van der Waals surface area contributed by atoms with Gasteiger partial charge in [0.1, 0.15) is 29.1 Å². The number of sulfonamides is 1. The Morgan fingerprint density at radius 2 is 1.89 bits per heavy atom. The van der Waals surface area contributed by atoms with Crippen LogP contribution in [0.1, 0.15) is 53.0 Å². The van der Waals surface area contributed by atoms with E-state index in [1.54, 1.807) is 25.1 Å². The van der Waals surface area contributed by atoms with Crippen molar-refractivity contribution >= 4 is 65.7 Å². The summed E-state index contributed by atoms with van der Waals surface area (Å²) in [6.45, 7) is 2.85. The number of thiophene rings is 1. The average Bonchev–Trinajstić information content (AvgIpc) is 3.58. The third-order valence-electron chi connectivity index (χ3n) is 10.2. The molecule has 17 heteroatoms. The molecule has 55 heavy (non-hydrogen) atoms. The monoisotopic (exact) mass is 807 g/mol. The third-order valence-corrected chi connectivity index (χ3v) is 12.0. The Morgan fingerprint density at radius 1 is 1.16 bits per heavy atom. The number of aromatic nitrogens is 3. The highest BCUT2D eigenvalue weighted by Crippen LogP contribution is 2.42. The molecule has 2 aliphatic rings. The summed E-state index contributed by atoms with van der Waals surface area (Å²) in [6.07, 6.45) is 3.45. The lowest BCUT2D eigenvalue weighted by molar-refractivity contribution is -0.127. The highest BCUT2D eigenvalue weighted by atomic mass is 35.5. The minimum Gasteiger partial charge on any atom is -0.355 e. The first kappa shape index (κ1) is 38.3. The number of alkyl halides is 2. The number of fused-ring (bicyclic) bond motifs is 2. The number of amides is 1. The van der Waals surface area contributed by atoms with Crippen LogP contribution in [0.25, 0.3) is 32.1 Å². The van der Waals surface area contributed by atoms with E-state index < -0.39 is 33.2 Å². The fourth-order valence-corrected chi connectivity index (χ4v) is 9.05. The van der Waals surface area contributed by atoms with Gasteiger partial charge < -0.3 is 4.90 Å². The van der Waals surface area contributed by atoms with Crippen molar-refractivity contribution in [2.24, 2.45) is 0 Å². The van der Waals surface area contributed by atoms with Crippen molar-refractivity contribution in [3.63, 3.8) is 0 Å². The minimum absolute atomic E-state index is 0.0123. The number of nitrogens with one attached hydrogen (secondary N) is 1. The molecule has 0 unspecified atom stereocenters. The smallest absolute Gasteiger partial charge is 0.266 e. The molecular weight excluding hydrogens is 775 g/mol. The number of halogens is 4. The Hall–Kier alpha value is -5.00. The van der Waals surface area contributed by atoms with E-state index in [0.29, 0.717) is 64.0 Å². The van der Waals surface area contributed by atoms with Gasteiger partial charge in [0, 0.05) is 82.2 Å². The second kappa shape index (κ2) is 14.6. The first-order chi connectivity index (χ1) is 26.0. The number of benzene rings is 2. The van der Waals surface area contributed by atoms with Gasteiger partial charge in [0.05, 0.1) is 35.5 Å². The maximum atomic E-state index is 15.2. The zero-order valence-electron chi connectivity index (χ0n) is 29.8. The normalized spacial score (nSPS) is 16.3. The van der Waals surface area contributed by atoms with Crippen LogP contribution in [0.2, 0.25) is 5.02 Å². The highest BCUT2D eigenvalue weighted by molar-refractivity contribution is 7.89. The Kier molecular flexibility index (Phi) is 10.1.